The Morgan fingerprint density at radius 1 is 1.37 bits per heavy atom. The second-order valence-electron chi connectivity index (χ2n) is 4.17. The van der Waals surface area contributed by atoms with E-state index >= 15 is 0 Å². The lowest BCUT2D eigenvalue weighted by molar-refractivity contribution is 0.191. The summed E-state index contributed by atoms with van der Waals surface area (Å²) in [4.78, 5) is 12.9. The Morgan fingerprint density at radius 3 is 3.21 bits per heavy atom. The van der Waals surface area contributed by atoms with Crippen molar-refractivity contribution < 1.29 is 9.84 Å². The number of nitrogens with one attached hydrogen (secondary N) is 1. The highest BCUT2D eigenvalue weighted by Gasteiger charge is 2.17. The van der Waals surface area contributed by atoms with Gasteiger partial charge >= 0.3 is 6.01 Å². The summed E-state index contributed by atoms with van der Waals surface area (Å²) in [6.45, 7) is 0.939. The first kappa shape index (κ1) is 11.9. The lowest BCUT2D eigenvalue weighted by Gasteiger charge is -2.08. The van der Waals surface area contributed by atoms with Crippen molar-refractivity contribution >= 4 is 5.82 Å². The molecule has 0 saturated carbocycles. The molecule has 19 heavy (non-hydrogen) atoms. The highest BCUT2D eigenvalue weighted by molar-refractivity contribution is 5.75. The molecule has 0 aliphatic carbocycles. The maximum atomic E-state index is 8.77. The van der Waals surface area contributed by atoms with Gasteiger partial charge in [0.2, 0.25) is 0 Å². The van der Waals surface area contributed by atoms with Crippen LogP contribution in [0.4, 0.5) is 5.82 Å². The van der Waals surface area contributed by atoms with E-state index < -0.39 is 0 Å². The third kappa shape index (κ3) is 2.34. The molecule has 1 aliphatic rings. The number of anilines is 1. The average molecular weight is 258 g/mol. The zero-order valence-corrected chi connectivity index (χ0v) is 10.3. The number of nitrogens with zero attached hydrogens (tertiary/aromatic N) is 3. The minimum Gasteiger partial charge on any atom is -0.461 e. The molecule has 0 atom stereocenters. The molecule has 2 aromatic heterocycles. The first-order valence-electron chi connectivity index (χ1n) is 6.17. The molecule has 3 rings (SSSR count). The van der Waals surface area contributed by atoms with Crippen molar-refractivity contribution in [2.24, 2.45) is 0 Å². The molecule has 3 heterocycles. The third-order valence-corrected chi connectivity index (χ3v) is 2.91. The predicted molar refractivity (Wildman–Crippen MR) is 70.0 cm³/mol. The average Bonchev–Trinajstić information content (AvgIpc) is 2.64. The summed E-state index contributed by atoms with van der Waals surface area (Å²) in [5.74, 6) is 0.827. The SMILES string of the molecule is OCCOc1ncc2c(n1)-c1cccnc1NCC2. The molecular weight excluding hydrogens is 244 g/mol. The molecule has 0 bridgehead atoms. The van der Waals surface area contributed by atoms with Crippen LogP contribution >= 0.6 is 0 Å². The number of aliphatic hydroxyl groups is 1. The summed E-state index contributed by atoms with van der Waals surface area (Å²) < 4.78 is 5.26. The predicted octanol–water partition coefficient (Wildman–Crippen LogP) is 0.878. The van der Waals surface area contributed by atoms with Gasteiger partial charge in [0.05, 0.1) is 12.3 Å². The molecule has 98 valence electrons. The number of fused-ring (bicyclic) bond motifs is 3. The Bertz CT molecular complexity index is 589. The van der Waals surface area contributed by atoms with Crippen molar-refractivity contribution in [2.75, 3.05) is 25.1 Å². The zero-order chi connectivity index (χ0) is 13.1. The number of hydrogen-bond acceptors (Lipinski definition) is 6. The molecule has 0 aromatic carbocycles. The van der Waals surface area contributed by atoms with Gasteiger partial charge in [-0.25, -0.2) is 9.97 Å². The monoisotopic (exact) mass is 258 g/mol. The van der Waals surface area contributed by atoms with Crippen molar-refractivity contribution in [2.45, 2.75) is 6.42 Å². The highest BCUT2D eigenvalue weighted by atomic mass is 16.5. The molecule has 6 nitrogen and oxygen atoms in total. The van der Waals surface area contributed by atoms with Crippen molar-refractivity contribution in [3.05, 3.63) is 30.1 Å². The number of hydrogen-bond donors (Lipinski definition) is 2. The minimum absolute atomic E-state index is 0.0554. The highest BCUT2D eigenvalue weighted by Crippen LogP contribution is 2.30. The Hall–Kier alpha value is -2.21. The smallest absolute Gasteiger partial charge is 0.316 e. The number of pyridine rings is 1. The summed E-state index contributed by atoms with van der Waals surface area (Å²) in [7, 11) is 0. The first-order chi connectivity index (χ1) is 9.38. The van der Waals surface area contributed by atoms with E-state index in [0.717, 1.165) is 35.6 Å². The van der Waals surface area contributed by atoms with Gasteiger partial charge in [0.15, 0.2) is 0 Å². The molecule has 0 unspecified atom stereocenters. The van der Waals surface area contributed by atoms with Gasteiger partial charge in [-0.15, -0.1) is 0 Å². The van der Waals surface area contributed by atoms with Gasteiger partial charge in [0.1, 0.15) is 12.4 Å². The van der Waals surface area contributed by atoms with Crippen LogP contribution in [0.5, 0.6) is 6.01 Å². The molecule has 0 saturated heterocycles. The fourth-order valence-corrected chi connectivity index (χ4v) is 2.07. The van der Waals surface area contributed by atoms with E-state index in [2.05, 4.69) is 20.3 Å². The van der Waals surface area contributed by atoms with Crippen molar-refractivity contribution in [1.82, 2.24) is 15.0 Å². The van der Waals surface area contributed by atoms with Gasteiger partial charge in [-0.2, -0.15) is 4.98 Å². The summed E-state index contributed by atoms with van der Waals surface area (Å²) in [6, 6.07) is 4.14. The lowest BCUT2D eigenvalue weighted by Crippen LogP contribution is -2.06. The van der Waals surface area contributed by atoms with Crippen LogP contribution in [0, 0.1) is 0 Å². The molecule has 0 spiro atoms. The summed E-state index contributed by atoms with van der Waals surface area (Å²) in [5.41, 5.74) is 2.86. The normalized spacial score (nSPS) is 12.9. The standard InChI is InChI=1S/C13H14N4O2/c18-6-7-19-13-16-8-9-3-5-15-12-10(11(9)17-13)2-1-4-14-12/h1-2,4,8,18H,3,5-7H2,(H,14,15). The van der Waals surface area contributed by atoms with Crippen molar-refractivity contribution in [3.63, 3.8) is 0 Å². The Kier molecular flexibility index (Phi) is 3.24. The Balaban J connectivity index is 2.05. The Morgan fingerprint density at radius 2 is 2.32 bits per heavy atom. The largest absolute Gasteiger partial charge is 0.461 e. The third-order valence-electron chi connectivity index (χ3n) is 2.91. The molecule has 0 amide bonds. The number of ether oxygens (including phenoxy) is 1. The maximum Gasteiger partial charge on any atom is 0.316 e. The molecule has 2 N–H and O–H groups in total. The van der Waals surface area contributed by atoms with Gasteiger partial charge in [0.25, 0.3) is 0 Å². The van der Waals surface area contributed by atoms with Gasteiger partial charge in [-0.3, -0.25) is 0 Å². The quantitative estimate of drug-likeness (QED) is 0.850. The zero-order valence-electron chi connectivity index (χ0n) is 10.3. The van der Waals surface area contributed by atoms with Crippen LogP contribution < -0.4 is 10.1 Å². The van der Waals surface area contributed by atoms with Crippen LogP contribution in [-0.2, 0) is 6.42 Å². The van der Waals surface area contributed by atoms with E-state index in [-0.39, 0.29) is 19.2 Å². The van der Waals surface area contributed by atoms with E-state index in [1.807, 2.05) is 12.1 Å². The minimum atomic E-state index is -0.0554. The second-order valence-corrected chi connectivity index (χ2v) is 4.17. The molecule has 6 heteroatoms. The van der Waals surface area contributed by atoms with Crippen LogP contribution in [0.15, 0.2) is 24.5 Å². The van der Waals surface area contributed by atoms with E-state index in [9.17, 15) is 0 Å². The Labute approximate surface area is 110 Å². The number of aliphatic hydroxyl groups excluding tert-OH is 1. The van der Waals surface area contributed by atoms with Gasteiger partial charge in [-0.05, 0) is 24.1 Å². The van der Waals surface area contributed by atoms with Gasteiger partial charge < -0.3 is 15.2 Å². The molecule has 0 fully saturated rings. The van der Waals surface area contributed by atoms with Crippen LogP contribution in [0.2, 0.25) is 0 Å². The maximum absolute atomic E-state index is 8.77. The summed E-state index contributed by atoms with van der Waals surface area (Å²) >= 11 is 0. The number of rotatable bonds is 3. The van der Waals surface area contributed by atoms with Crippen LogP contribution in [0.3, 0.4) is 0 Å². The van der Waals surface area contributed by atoms with E-state index in [1.54, 1.807) is 12.4 Å². The van der Waals surface area contributed by atoms with Crippen molar-refractivity contribution in [3.8, 4) is 17.3 Å². The van der Waals surface area contributed by atoms with E-state index in [0.29, 0.717) is 0 Å². The van der Waals surface area contributed by atoms with E-state index in [4.69, 9.17) is 9.84 Å². The lowest BCUT2D eigenvalue weighted by atomic mass is 10.1. The fraction of sp³-hybridized carbons (Fsp3) is 0.308. The number of aromatic nitrogens is 3. The van der Waals surface area contributed by atoms with Gasteiger partial charge in [0, 0.05) is 24.5 Å². The fourth-order valence-electron chi connectivity index (χ4n) is 2.07. The topological polar surface area (TPSA) is 80.2 Å². The summed E-state index contributed by atoms with van der Waals surface area (Å²) in [6.07, 6.45) is 4.37. The van der Waals surface area contributed by atoms with Crippen LogP contribution in [0.25, 0.3) is 11.3 Å². The molecule has 2 aromatic rings. The van der Waals surface area contributed by atoms with Gasteiger partial charge in [-0.1, -0.05) is 0 Å². The van der Waals surface area contributed by atoms with E-state index in [1.165, 1.54) is 0 Å². The second kappa shape index (κ2) is 5.19. The van der Waals surface area contributed by atoms with Crippen molar-refractivity contribution in [1.29, 1.82) is 0 Å². The molecule has 1 aliphatic heterocycles. The van der Waals surface area contributed by atoms with Crippen LogP contribution in [0.1, 0.15) is 5.56 Å². The molecule has 0 radical (unpaired) electrons. The first-order valence-corrected chi connectivity index (χ1v) is 6.17. The molecular formula is C13H14N4O2. The van der Waals surface area contributed by atoms with Crippen LogP contribution in [-0.4, -0.2) is 39.8 Å². The summed E-state index contributed by atoms with van der Waals surface area (Å²) in [5, 5.41) is 12.0.